The summed E-state index contributed by atoms with van der Waals surface area (Å²) in [5.41, 5.74) is 1.01. The lowest BCUT2D eigenvalue weighted by Gasteiger charge is -2.10. The van der Waals surface area contributed by atoms with Crippen LogP contribution in [0.4, 0.5) is 14.5 Å². The number of aromatic carboxylic acids is 1. The van der Waals surface area contributed by atoms with Crippen LogP contribution in [0.25, 0.3) is 0 Å². The van der Waals surface area contributed by atoms with Gasteiger partial charge in [-0.25, -0.2) is 13.6 Å². The Balaban J connectivity index is 2.02. The maximum atomic E-state index is 14.0. The van der Waals surface area contributed by atoms with E-state index in [9.17, 15) is 13.6 Å². The monoisotopic (exact) mass is 355 g/mol. The normalized spacial score (nSPS) is 10.4. The fraction of sp³-hybridized carbons (Fsp3) is 0.133. The van der Waals surface area contributed by atoms with E-state index in [0.717, 1.165) is 5.56 Å². The highest BCUT2D eigenvalue weighted by molar-refractivity contribution is 9.10. The first-order valence-corrected chi connectivity index (χ1v) is 6.98. The van der Waals surface area contributed by atoms with Crippen molar-refractivity contribution >= 4 is 27.6 Å². The molecule has 2 rings (SSSR count). The van der Waals surface area contributed by atoms with E-state index >= 15 is 0 Å². The van der Waals surface area contributed by atoms with Crippen LogP contribution >= 0.6 is 15.9 Å². The van der Waals surface area contributed by atoms with Gasteiger partial charge in [0.15, 0.2) is 5.82 Å². The van der Waals surface area contributed by atoms with Crippen molar-refractivity contribution in [3.8, 4) is 0 Å². The third-order valence-corrected chi connectivity index (χ3v) is 3.73. The van der Waals surface area contributed by atoms with Gasteiger partial charge in [-0.1, -0.05) is 12.1 Å². The van der Waals surface area contributed by atoms with Gasteiger partial charge in [-0.2, -0.15) is 0 Å². The molecule has 0 aliphatic carbocycles. The summed E-state index contributed by atoms with van der Waals surface area (Å²) in [6.07, 6.45) is 0.595. The molecule has 0 saturated carbocycles. The average Bonchev–Trinajstić information content (AvgIpc) is 2.45. The van der Waals surface area contributed by atoms with Crippen molar-refractivity contribution in [2.24, 2.45) is 0 Å². The summed E-state index contributed by atoms with van der Waals surface area (Å²) in [5.74, 6) is -2.14. The fourth-order valence-corrected chi connectivity index (χ4v) is 2.36. The van der Waals surface area contributed by atoms with Crippen molar-refractivity contribution in [2.45, 2.75) is 6.42 Å². The Labute approximate surface area is 128 Å². The highest BCUT2D eigenvalue weighted by Crippen LogP contribution is 2.27. The minimum Gasteiger partial charge on any atom is -0.478 e. The molecule has 0 fully saturated rings. The summed E-state index contributed by atoms with van der Waals surface area (Å²) in [6, 6.07) is 8.78. The van der Waals surface area contributed by atoms with Crippen molar-refractivity contribution < 1.29 is 18.7 Å². The number of halogens is 3. The molecular formula is C15H12BrF2NO2. The molecule has 2 aromatic carbocycles. The Morgan fingerprint density at radius 2 is 1.81 bits per heavy atom. The van der Waals surface area contributed by atoms with Crippen LogP contribution in [-0.2, 0) is 6.42 Å². The van der Waals surface area contributed by atoms with Gasteiger partial charge < -0.3 is 10.4 Å². The Morgan fingerprint density at radius 3 is 2.43 bits per heavy atom. The summed E-state index contributed by atoms with van der Waals surface area (Å²) >= 11 is 2.94. The molecule has 110 valence electrons. The van der Waals surface area contributed by atoms with Crippen LogP contribution in [0.3, 0.4) is 0 Å². The SMILES string of the molecule is O=C(O)c1ccc(NCCc2ccc(F)cc2)c(F)c1Br. The van der Waals surface area contributed by atoms with Gasteiger partial charge >= 0.3 is 5.97 Å². The zero-order chi connectivity index (χ0) is 15.4. The lowest BCUT2D eigenvalue weighted by atomic mass is 10.1. The maximum absolute atomic E-state index is 14.0. The van der Waals surface area contributed by atoms with E-state index in [1.165, 1.54) is 24.3 Å². The summed E-state index contributed by atoms with van der Waals surface area (Å²) in [6.45, 7) is 0.446. The molecule has 3 nitrogen and oxygen atoms in total. The molecule has 0 unspecified atom stereocenters. The van der Waals surface area contributed by atoms with Crippen molar-refractivity contribution in [1.82, 2.24) is 0 Å². The minimum atomic E-state index is -1.20. The van der Waals surface area contributed by atoms with Gasteiger partial charge in [0.1, 0.15) is 5.82 Å². The van der Waals surface area contributed by atoms with Crippen LogP contribution in [0.5, 0.6) is 0 Å². The molecule has 0 spiro atoms. The van der Waals surface area contributed by atoms with Crippen LogP contribution < -0.4 is 5.32 Å². The lowest BCUT2D eigenvalue weighted by molar-refractivity contribution is 0.0695. The molecule has 0 saturated heterocycles. The van der Waals surface area contributed by atoms with Crippen LogP contribution in [0.1, 0.15) is 15.9 Å². The van der Waals surface area contributed by atoms with E-state index in [1.54, 1.807) is 12.1 Å². The number of anilines is 1. The number of benzene rings is 2. The molecule has 0 aliphatic heterocycles. The molecule has 2 N–H and O–H groups in total. The Morgan fingerprint density at radius 1 is 1.14 bits per heavy atom. The van der Waals surface area contributed by atoms with Crippen molar-refractivity contribution in [3.63, 3.8) is 0 Å². The van der Waals surface area contributed by atoms with Gasteiger partial charge in [-0.3, -0.25) is 0 Å². The first-order valence-electron chi connectivity index (χ1n) is 6.18. The van der Waals surface area contributed by atoms with Gasteiger partial charge in [0, 0.05) is 6.54 Å². The second-order valence-electron chi connectivity index (χ2n) is 4.40. The van der Waals surface area contributed by atoms with Gasteiger partial charge in [0.2, 0.25) is 0 Å². The predicted octanol–water partition coefficient (Wildman–Crippen LogP) is 4.08. The van der Waals surface area contributed by atoms with Gasteiger partial charge in [0.05, 0.1) is 15.7 Å². The maximum Gasteiger partial charge on any atom is 0.336 e. The van der Waals surface area contributed by atoms with E-state index in [0.29, 0.717) is 13.0 Å². The highest BCUT2D eigenvalue weighted by atomic mass is 79.9. The zero-order valence-corrected chi connectivity index (χ0v) is 12.5. The van der Waals surface area contributed by atoms with Crippen LogP contribution in [0.2, 0.25) is 0 Å². The second-order valence-corrected chi connectivity index (χ2v) is 5.19. The van der Waals surface area contributed by atoms with Gasteiger partial charge in [-0.15, -0.1) is 0 Å². The molecule has 0 aliphatic rings. The van der Waals surface area contributed by atoms with Crippen molar-refractivity contribution in [3.05, 3.63) is 63.6 Å². The zero-order valence-electron chi connectivity index (χ0n) is 10.9. The standard InChI is InChI=1S/C15H12BrF2NO2/c16-13-11(15(20)21)5-6-12(14(13)18)19-8-7-9-1-3-10(17)4-2-9/h1-6,19H,7-8H2,(H,20,21). The second kappa shape index (κ2) is 6.67. The Kier molecular flexibility index (Phi) is 4.90. The summed E-state index contributed by atoms with van der Waals surface area (Å²) in [5, 5.41) is 11.8. The molecule has 6 heteroatoms. The number of hydrogen-bond donors (Lipinski definition) is 2. The van der Waals surface area contributed by atoms with E-state index in [4.69, 9.17) is 5.11 Å². The number of carbonyl (C=O) groups is 1. The number of carboxylic acids is 1. The van der Waals surface area contributed by atoms with Crippen LogP contribution in [0.15, 0.2) is 40.9 Å². The summed E-state index contributed by atoms with van der Waals surface area (Å²) in [4.78, 5) is 10.9. The van der Waals surface area contributed by atoms with Gasteiger partial charge in [-0.05, 0) is 52.2 Å². The number of hydrogen-bond acceptors (Lipinski definition) is 2. The van der Waals surface area contributed by atoms with E-state index in [-0.39, 0.29) is 21.5 Å². The molecule has 0 amide bonds. The molecule has 0 aromatic heterocycles. The largest absolute Gasteiger partial charge is 0.478 e. The molecule has 2 aromatic rings. The lowest BCUT2D eigenvalue weighted by Crippen LogP contribution is -2.08. The minimum absolute atomic E-state index is 0.0817. The molecule has 21 heavy (non-hydrogen) atoms. The smallest absolute Gasteiger partial charge is 0.336 e. The van der Waals surface area contributed by atoms with E-state index in [2.05, 4.69) is 21.2 Å². The highest BCUT2D eigenvalue weighted by Gasteiger charge is 2.15. The first kappa shape index (κ1) is 15.4. The molecule has 0 bridgehead atoms. The Bertz CT molecular complexity index is 659. The molecular weight excluding hydrogens is 344 g/mol. The Hall–Kier alpha value is -1.95. The predicted molar refractivity (Wildman–Crippen MR) is 79.7 cm³/mol. The molecule has 0 radical (unpaired) electrons. The quantitative estimate of drug-likeness (QED) is 0.849. The van der Waals surface area contributed by atoms with Crippen molar-refractivity contribution in [2.75, 3.05) is 11.9 Å². The van der Waals surface area contributed by atoms with Gasteiger partial charge in [0.25, 0.3) is 0 Å². The third kappa shape index (κ3) is 3.78. The summed E-state index contributed by atoms with van der Waals surface area (Å²) < 4.78 is 26.7. The van der Waals surface area contributed by atoms with Crippen LogP contribution in [-0.4, -0.2) is 17.6 Å². The fourth-order valence-electron chi connectivity index (χ4n) is 1.84. The topological polar surface area (TPSA) is 49.3 Å². The average molecular weight is 356 g/mol. The number of carboxylic acid groups (broad SMARTS) is 1. The van der Waals surface area contributed by atoms with E-state index < -0.39 is 11.8 Å². The molecule has 0 heterocycles. The van der Waals surface area contributed by atoms with Crippen molar-refractivity contribution in [1.29, 1.82) is 0 Å². The van der Waals surface area contributed by atoms with Crippen LogP contribution in [0, 0.1) is 11.6 Å². The first-order chi connectivity index (χ1) is 9.99. The number of rotatable bonds is 5. The van der Waals surface area contributed by atoms with E-state index in [1.807, 2.05) is 0 Å². The summed E-state index contributed by atoms with van der Waals surface area (Å²) in [7, 11) is 0. The number of nitrogens with one attached hydrogen (secondary N) is 1. The third-order valence-electron chi connectivity index (χ3n) is 2.96. The molecule has 0 atom stereocenters.